The van der Waals surface area contributed by atoms with Crippen LogP contribution in [0.4, 0.5) is 0 Å². The molecular weight excluding hydrogens is 480 g/mol. The monoisotopic (exact) mass is 512 g/mol. The van der Waals surface area contributed by atoms with Crippen LogP contribution in [0, 0.1) is 22.7 Å². The summed E-state index contributed by atoms with van der Waals surface area (Å²) in [6, 6.07) is 2.55. The number of aromatic hydroxyl groups is 1. The van der Waals surface area contributed by atoms with Crippen molar-refractivity contribution in [2.75, 3.05) is 0 Å². The molecule has 0 aromatic heterocycles. The van der Waals surface area contributed by atoms with Gasteiger partial charge in [-0.05, 0) is 43.4 Å². The molecule has 0 heterocycles. The first-order valence-corrected chi connectivity index (χ1v) is 12.2. The van der Waals surface area contributed by atoms with Crippen molar-refractivity contribution in [3.8, 4) is 5.75 Å². The maximum absolute atomic E-state index is 13.9. The van der Waals surface area contributed by atoms with Gasteiger partial charge in [0.25, 0.3) is 0 Å². The Morgan fingerprint density at radius 2 is 1.57 bits per heavy atom. The molecule has 1 unspecified atom stereocenters. The minimum Gasteiger partial charge on any atom is -0.511 e. The normalized spacial score (nSPS) is 35.4. The Morgan fingerprint density at radius 1 is 1.00 bits per heavy atom. The Kier molecular flexibility index (Phi) is 5.68. The van der Waals surface area contributed by atoms with Crippen LogP contribution in [0.2, 0.25) is 0 Å². The summed E-state index contributed by atoms with van der Waals surface area (Å²) in [5, 5.41) is 57.6. The molecule has 0 saturated carbocycles. The van der Waals surface area contributed by atoms with Gasteiger partial charge in [0, 0.05) is 22.3 Å². The topological polar surface area (TPSA) is 169 Å². The van der Waals surface area contributed by atoms with Crippen molar-refractivity contribution in [1.82, 2.24) is 0 Å². The zero-order chi connectivity index (χ0) is 28.2. The van der Waals surface area contributed by atoms with Gasteiger partial charge >= 0.3 is 0 Å². The van der Waals surface area contributed by atoms with Gasteiger partial charge in [0.1, 0.15) is 22.8 Å². The van der Waals surface area contributed by atoms with E-state index in [1.54, 1.807) is 20.8 Å². The Hall–Kier alpha value is -3.30. The molecule has 5 N–H and O–H groups in total. The van der Waals surface area contributed by atoms with Gasteiger partial charge in [0.2, 0.25) is 5.78 Å². The lowest BCUT2D eigenvalue weighted by Gasteiger charge is -2.63. The second-order valence-electron chi connectivity index (χ2n) is 11.3. The SMILES string of the molecule is CC(=O)C1=C(O)C(C(C)C)[C@@]2(C)[C@H](O)[C@]3(C)C(=C(O)[C@@]2(O)C1=O)C(=O)c1c(O)ccc(C(C)=O)c1[C@H]3C. The van der Waals surface area contributed by atoms with Crippen molar-refractivity contribution < 1.29 is 44.7 Å². The van der Waals surface area contributed by atoms with Gasteiger partial charge in [-0.25, -0.2) is 0 Å². The summed E-state index contributed by atoms with van der Waals surface area (Å²) < 4.78 is 0. The zero-order valence-corrected chi connectivity index (χ0v) is 21.8. The fourth-order valence-electron chi connectivity index (χ4n) is 7.31. The van der Waals surface area contributed by atoms with Crippen molar-refractivity contribution in [3.05, 3.63) is 51.5 Å². The Balaban J connectivity index is 2.20. The molecule has 4 rings (SSSR count). The van der Waals surface area contributed by atoms with Crippen molar-refractivity contribution in [2.45, 2.75) is 66.1 Å². The molecule has 198 valence electrons. The van der Waals surface area contributed by atoms with Gasteiger partial charge in [0.15, 0.2) is 23.0 Å². The summed E-state index contributed by atoms with van der Waals surface area (Å²) in [6.45, 7) is 10.1. The van der Waals surface area contributed by atoms with Crippen LogP contribution in [-0.2, 0) is 9.59 Å². The van der Waals surface area contributed by atoms with E-state index in [0.29, 0.717) is 0 Å². The number of rotatable bonds is 3. The highest BCUT2D eigenvalue weighted by Crippen LogP contribution is 2.67. The van der Waals surface area contributed by atoms with E-state index in [2.05, 4.69) is 0 Å². The van der Waals surface area contributed by atoms with Gasteiger partial charge in [-0.15, -0.1) is 0 Å². The Labute approximate surface area is 214 Å². The minimum atomic E-state index is -2.94. The lowest BCUT2D eigenvalue weighted by Crippen LogP contribution is -2.73. The van der Waals surface area contributed by atoms with Crippen LogP contribution in [0.5, 0.6) is 5.75 Å². The number of fused-ring (bicyclic) bond motifs is 3. The molecule has 0 aliphatic heterocycles. The van der Waals surface area contributed by atoms with Crippen LogP contribution in [0.15, 0.2) is 34.8 Å². The maximum atomic E-state index is 13.9. The van der Waals surface area contributed by atoms with Crippen molar-refractivity contribution >= 4 is 23.1 Å². The lowest BCUT2D eigenvalue weighted by atomic mass is 9.41. The van der Waals surface area contributed by atoms with E-state index in [1.165, 1.54) is 32.9 Å². The number of aliphatic hydroxyl groups excluding tert-OH is 3. The van der Waals surface area contributed by atoms with Gasteiger partial charge in [-0.1, -0.05) is 34.6 Å². The molecular formula is C28H32O9. The number of carbonyl (C=O) groups is 4. The highest BCUT2D eigenvalue weighted by Gasteiger charge is 2.76. The summed E-state index contributed by atoms with van der Waals surface area (Å²) in [4.78, 5) is 52.5. The largest absolute Gasteiger partial charge is 0.511 e. The summed E-state index contributed by atoms with van der Waals surface area (Å²) in [5.74, 6) is -8.21. The molecule has 37 heavy (non-hydrogen) atoms. The molecule has 0 spiro atoms. The van der Waals surface area contributed by atoms with Crippen molar-refractivity contribution in [1.29, 1.82) is 0 Å². The van der Waals surface area contributed by atoms with Gasteiger partial charge < -0.3 is 25.5 Å². The van der Waals surface area contributed by atoms with Crippen molar-refractivity contribution in [2.24, 2.45) is 22.7 Å². The van der Waals surface area contributed by atoms with E-state index in [0.717, 1.165) is 6.92 Å². The van der Waals surface area contributed by atoms with Crippen LogP contribution in [0.1, 0.15) is 80.7 Å². The fraction of sp³-hybridized carbons (Fsp3) is 0.500. The predicted octanol–water partition coefficient (Wildman–Crippen LogP) is 3.08. The average Bonchev–Trinajstić information content (AvgIpc) is 2.78. The smallest absolute Gasteiger partial charge is 0.209 e. The minimum absolute atomic E-state index is 0.147. The third-order valence-electron chi connectivity index (χ3n) is 9.19. The number of carbonyl (C=O) groups excluding carboxylic acids is 4. The number of allylic oxidation sites excluding steroid dienone is 1. The molecule has 1 aromatic carbocycles. The highest BCUT2D eigenvalue weighted by atomic mass is 16.4. The number of hydrogen-bond acceptors (Lipinski definition) is 9. The van der Waals surface area contributed by atoms with E-state index < -0.39 is 86.1 Å². The third kappa shape index (κ3) is 2.81. The summed E-state index contributed by atoms with van der Waals surface area (Å²) in [6.07, 6.45) is -1.74. The first-order valence-electron chi connectivity index (χ1n) is 12.2. The van der Waals surface area contributed by atoms with E-state index in [4.69, 9.17) is 0 Å². The van der Waals surface area contributed by atoms with Crippen LogP contribution < -0.4 is 0 Å². The standard InChI is InChI=1S/C28H32O9/c1-10(2)19-21(32)17(13(5)30)23(34)28(37)24(35)20-22(33)18-15(31)9-8-14(12(4)29)16(18)11(3)26(20,6)25(36)27(19,28)7/h8-11,19,25,31-32,35-37H,1-7H3/t11-,19?,25-,26+,27+,28+/m1/s1. The zero-order valence-electron chi connectivity index (χ0n) is 21.8. The van der Waals surface area contributed by atoms with Gasteiger partial charge in [0.05, 0.1) is 17.2 Å². The van der Waals surface area contributed by atoms with Crippen LogP contribution >= 0.6 is 0 Å². The molecule has 0 amide bonds. The number of Topliss-reactive ketones (excluding diaryl/α,β-unsaturated/α-hetero) is 4. The predicted molar refractivity (Wildman–Crippen MR) is 131 cm³/mol. The van der Waals surface area contributed by atoms with Crippen molar-refractivity contribution in [3.63, 3.8) is 0 Å². The maximum Gasteiger partial charge on any atom is 0.209 e. The molecule has 0 fully saturated rings. The summed E-state index contributed by atoms with van der Waals surface area (Å²) in [7, 11) is 0. The molecule has 3 aliphatic carbocycles. The average molecular weight is 513 g/mol. The molecule has 3 aliphatic rings. The Morgan fingerprint density at radius 3 is 2.05 bits per heavy atom. The second-order valence-corrected chi connectivity index (χ2v) is 11.3. The molecule has 0 radical (unpaired) electrons. The van der Waals surface area contributed by atoms with Gasteiger partial charge in [-0.3, -0.25) is 19.2 Å². The highest BCUT2D eigenvalue weighted by molar-refractivity contribution is 6.25. The molecule has 9 nitrogen and oxygen atoms in total. The summed E-state index contributed by atoms with van der Waals surface area (Å²) in [5.41, 5.74) is -7.75. The molecule has 0 saturated heterocycles. The quantitative estimate of drug-likeness (QED) is 0.302. The van der Waals surface area contributed by atoms with Crippen LogP contribution in [0.25, 0.3) is 0 Å². The van der Waals surface area contributed by atoms with E-state index >= 15 is 0 Å². The first-order chi connectivity index (χ1) is 16.9. The fourth-order valence-corrected chi connectivity index (χ4v) is 7.31. The van der Waals surface area contributed by atoms with E-state index in [9.17, 15) is 44.7 Å². The molecule has 0 bridgehead atoms. The van der Waals surface area contributed by atoms with E-state index in [-0.39, 0.29) is 22.5 Å². The number of hydrogen-bond donors (Lipinski definition) is 5. The molecule has 9 heteroatoms. The van der Waals surface area contributed by atoms with E-state index in [1.807, 2.05) is 0 Å². The summed E-state index contributed by atoms with van der Waals surface area (Å²) >= 11 is 0. The number of phenols is 1. The molecule has 1 aromatic rings. The number of benzene rings is 1. The number of aliphatic hydroxyl groups is 4. The lowest BCUT2D eigenvalue weighted by molar-refractivity contribution is -0.211. The second kappa shape index (κ2) is 7.85. The Bertz CT molecular complexity index is 1370. The molecule has 6 atom stereocenters. The van der Waals surface area contributed by atoms with Crippen LogP contribution in [-0.4, -0.2) is 60.4 Å². The van der Waals surface area contributed by atoms with Crippen LogP contribution in [0.3, 0.4) is 0 Å². The number of ketones is 4. The number of phenolic OH excluding ortho intramolecular Hbond substituents is 1. The van der Waals surface area contributed by atoms with Gasteiger partial charge in [-0.2, -0.15) is 0 Å². The first kappa shape index (κ1) is 26.8. The third-order valence-corrected chi connectivity index (χ3v) is 9.19.